The Bertz CT molecular complexity index is 1030. The predicted molar refractivity (Wildman–Crippen MR) is 156 cm³/mol. The molecule has 39 heavy (non-hydrogen) atoms. The van der Waals surface area contributed by atoms with Gasteiger partial charge in [0, 0.05) is 25.3 Å². The van der Waals surface area contributed by atoms with Crippen LogP contribution in [-0.4, -0.2) is 73.6 Å². The lowest BCUT2D eigenvalue weighted by Gasteiger charge is -2.42. The first-order chi connectivity index (χ1) is 18.9. The Kier molecular flexibility index (Phi) is 10.7. The van der Waals surface area contributed by atoms with Crippen LogP contribution in [0.3, 0.4) is 0 Å². The second-order valence-corrected chi connectivity index (χ2v) is 13.8. The Labute approximate surface area is 235 Å². The van der Waals surface area contributed by atoms with Crippen LogP contribution in [0.4, 0.5) is 5.69 Å². The molecule has 8 nitrogen and oxygen atoms in total. The van der Waals surface area contributed by atoms with Crippen molar-refractivity contribution in [1.29, 1.82) is 0 Å². The van der Waals surface area contributed by atoms with Crippen LogP contribution in [0.15, 0.2) is 30.3 Å². The number of piperidine rings is 1. The lowest BCUT2D eigenvalue weighted by Crippen LogP contribution is -2.57. The summed E-state index contributed by atoms with van der Waals surface area (Å²) in [4.78, 5) is 30.5. The second-order valence-electron chi connectivity index (χ2n) is 11.7. The van der Waals surface area contributed by atoms with Gasteiger partial charge >= 0.3 is 0 Å². The highest BCUT2D eigenvalue weighted by Gasteiger charge is 2.54. The number of nitrogens with one attached hydrogen (secondary N) is 1. The van der Waals surface area contributed by atoms with Gasteiger partial charge in [0.05, 0.1) is 12.4 Å². The number of benzene rings is 1. The molecule has 2 amide bonds. The van der Waals surface area contributed by atoms with E-state index in [1.165, 1.54) is 32.1 Å². The molecule has 1 aliphatic carbocycles. The number of carbonyl (C=O) groups is 2. The SMILES string of the molecule is CCCCCCCCS(=O)(=O)N1CCC2(CC1)C(=O)N(CC(=O)NCC1CCCCC1)CN2c1ccccc1. The Balaban J connectivity index is 1.37. The smallest absolute Gasteiger partial charge is 0.250 e. The summed E-state index contributed by atoms with van der Waals surface area (Å²) < 4.78 is 27.8. The monoisotopic (exact) mass is 560 g/mol. The summed E-state index contributed by atoms with van der Waals surface area (Å²) in [5, 5.41) is 3.07. The van der Waals surface area contributed by atoms with Crippen LogP contribution in [0.1, 0.15) is 90.4 Å². The van der Waals surface area contributed by atoms with E-state index < -0.39 is 15.6 Å². The van der Waals surface area contributed by atoms with E-state index in [4.69, 9.17) is 0 Å². The Morgan fingerprint density at radius 2 is 1.64 bits per heavy atom. The van der Waals surface area contributed by atoms with Crippen molar-refractivity contribution in [3.63, 3.8) is 0 Å². The summed E-state index contributed by atoms with van der Waals surface area (Å²) in [6.07, 6.45) is 13.2. The maximum Gasteiger partial charge on any atom is 0.250 e. The molecule has 0 unspecified atom stereocenters. The van der Waals surface area contributed by atoms with Crippen molar-refractivity contribution in [2.24, 2.45) is 5.92 Å². The number of hydrogen-bond donors (Lipinski definition) is 1. The van der Waals surface area contributed by atoms with Gasteiger partial charge in [0.15, 0.2) is 0 Å². The molecule has 2 saturated heterocycles. The first kappa shape index (κ1) is 29.8. The van der Waals surface area contributed by atoms with E-state index in [0.29, 0.717) is 51.5 Å². The molecule has 1 aromatic carbocycles. The zero-order chi connectivity index (χ0) is 27.7. The molecule has 0 atom stereocenters. The zero-order valence-corrected chi connectivity index (χ0v) is 24.6. The van der Waals surface area contributed by atoms with Crippen LogP contribution in [0, 0.1) is 5.92 Å². The van der Waals surface area contributed by atoms with E-state index >= 15 is 0 Å². The van der Waals surface area contributed by atoms with E-state index in [-0.39, 0.29) is 24.1 Å². The molecule has 3 fully saturated rings. The highest BCUT2D eigenvalue weighted by molar-refractivity contribution is 7.89. The largest absolute Gasteiger partial charge is 0.354 e. The topological polar surface area (TPSA) is 90.0 Å². The molecule has 9 heteroatoms. The van der Waals surface area contributed by atoms with Gasteiger partial charge in [-0.2, -0.15) is 0 Å². The summed E-state index contributed by atoms with van der Waals surface area (Å²) in [6, 6.07) is 9.83. The zero-order valence-electron chi connectivity index (χ0n) is 23.8. The van der Waals surface area contributed by atoms with Gasteiger partial charge in [-0.3, -0.25) is 9.59 Å². The highest BCUT2D eigenvalue weighted by Crippen LogP contribution is 2.40. The van der Waals surface area contributed by atoms with Gasteiger partial charge in [0.25, 0.3) is 0 Å². The molecule has 2 aliphatic heterocycles. The van der Waals surface area contributed by atoms with Crippen molar-refractivity contribution in [3.05, 3.63) is 30.3 Å². The summed E-state index contributed by atoms with van der Waals surface area (Å²) in [6.45, 7) is 3.89. The number of unbranched alkanes of at least 4 members (excludes halogenated alkanes) is 5. The number of amides is 2. The normalized spacial score (nSPS) is 20.6. The van der Waals surface area contributed by atoms with Gasteiger partial charge in [-0.15, -0.1) is 0 Å². The van der Waals surface area contributed by atoms with Gasteiger partial charge in [-0.05, 0) is 50.2 Å². The third-order valence-electron chi connectivity index (χ3n) is 8.93. The molecule has 0 radical (unpaired) electrons. The number of sulfonamides is 1. The Hall–Kier alpha value is -2.13. The number of para-hydroxylation sites is 1. The molecule has 1 aromatic rings. The van der Waals surface area contributed by atoms with Crippen molar-refractivity contribution < 1.29 is 18.0 Å². The lowest BCUT2D eigenvalue weighted by atomic mass is 9.86. The van der Waals surface area contributed by atoms with E-state index in [2.05, 4.69) is 17.1 Å². The quantitative estimate of drug-likeness (QED) is 0.359. The van der Waals surface area contributed by atoms with Gasteiger partial charge in [0.1, 0.15) is 12.1 Å². The fourth-order valence-corrected chi connectivity index (χ4v) is 8.10. The van der Waals surface area contributed by atoms with Crippen LogP contribution in [0.2, 0.25) is 0 Å². The van der Waals surface area contributed by atoms with Crippen molar-refractivity contribution >= 4 is 27.5 Å². The average molecular weight is 561 g/mol. The molecular formula is C30H48N4O4S. The molecule has 218 valence electrons. The van der Waals surface area contributed by atoms with Gasteiger partial charge in [0.2, 0.25) is 21.8 Å². The number of nitrogens with zero attached hydrogens (tertiary/aromatic N) is 3. The molecule has 4 rings (SSSR count). The lowest BCUT2D eigenvalue weighted by molar-refractivity contribution is -0.137. The maximum absolute atomic E-state index is 13.9. The van der Waals surface area contributed by atoms with Gasteiger partial charge in [-0.1, -0.05) is 76.5 Å². The van der Waals surface area contributed by atoms with E-state index in [0.717, 1.165) is 37.8 Å². The van der Waals surface area contributed by atoms with Crippen LogP contribution >= 0.6 is 0 Å². The number of rotatable bonds is 13. The van der Waals surface area contributed by atoms with Gasteiger partial charge < -0.3 is 15.1 Å². The van der Waals surface area contributed by atoms with E-state index in [9.17, 15) is 18.0 Å². The predicted octanol–water partition coefficient (Wildman–Crippen LogP) is 4.51. The van der Waals surface area contributed by atoms with E-state index in [1.807, 2.05) is 30.3 Å². The fraction of sp³-hybridized carbons (Fsp3) is 0.733. The summed E-state index contributed by atoms with van der Waals surface area (Å²) in [5.74, 6) is 0.535. The van der Waals surface area contributed by atoms with Crippen molar-refractivity contribution in [3.8, 4) is 0 Å². The number of carbonyl (C=O) groups excluding carboxylic acids is 2. The molecule has 1 saturated carbocycles. The van der Waals surface area contributed by atoms with Gasteiger partial charge in [-0.25, -0.2) is 12.7 Å². The first-order valence-corrected chi connectivity index (χ1v) is 16.8. The summed E-state index contributed by atoms with van der Waals surface area (Å²) in [5.41, 5.74) is 0.108. The van der Waals surface area contributed by atoms with Crippen LogP contribution in [0.25, 0.3) is 0 Å². The van der Waals surface area contributed by atoms with E-state index in [1.54, 1.807) is 9.21 Å². The molecule has 1 N–H and O–H groups in total. The van der Waals surface area contributed by atoms with Crippen molar-refractivity contribution in [1.82, 2.24) is 14.5 Å². The Morgan fingerprint density at radius 1 is 0.974 bits per heavy atom. The fourth-order valence-electron chi connectivity index (χ4n) is 6.53. The highest BCUT2D eigenvalue weighted by atomic mass is 32.2. The molecule has 2 heterocycles. The minimum absolute atomic E-state index is 0.0384. The van der Waals surface area contributed by atoms with Crippen molar-refractivity contribution in [2.45, 2.75) is 95.9 Å². The van der Waals surface area contributed by atoms with Crippen LogP contribution in [-0.2, 0) is 19.6 Å². The van der Waals surface area contributed by atoms with Crippen LogP contribution in [0.5, 0.6) is 0 Å². The molecule has 3 aliphatic rings. The summed E-state index contributed by atoms with van der Waals surface area (Å²) in [7, 11) is -3.35. The molecule has 1 spiro atoms. The average Bonchev–Trinajstić information content (AvgIpc) is 3.21. The van der Waals surface area contributed by atoms with Crippen LogP contribution < -0.4 is 10.2 Å². The number of anilines is 1. The minimum atomic E-state index is -3.35. The molecule has 0 bridgehead atoms. The standard InChI is InChI=1S/C30H48N4O4S/c1-2-3-4-5-6-13-22-39(37,38)33-20-18-30(19-21-33)29(36)32(25-34(30)27-16-11-8-12-17-27)24-28(35)31-23-26-14-9-7-10-15-26/h8,11-12,16-17,26H,2-7,9-10,13-15,18-25H2,1H3,(H,31,35). The minimum Gasteiger partial charge on any atom is -0.354 e. The Morgan fingerprint density at radius 3 is 2.33 bits per heavy atom. The van der Waals surface area contributed by atoms with Crippen molar-refractivity contribution in [2.75, 3.05) is 43.5 Å². The third-order valence-corrected chi connectivity index (χ3v) is 10.9. The second kappa shape index (κ2) is 14.0. The third kappa shape index (κ3) is 7.54. The number of hydrogen-bond acceptors (Lipinski definition) is 5. The summed E-state index contributed by atoms with van der Waals surface area (Å²) >= 11 is 0. The molecule has 0 aromatic heterocycles. The molecular weight excluding hydrogens is 512 g/mol. The first-order valence-electron chi connectivity index (χ1n) is 15.2. The maximum atomic E-state index is 13.9.